The Morgan fingerprint density at radius 2 is 2.00 bits per heavy atom. The lowest BCUT2D eigenvalue weighted by Crippen LogP contribution is -2.26. The van der Waals surface area contributed by atoms with Crippen molar-refractivity contribution in [1.82, 2.24) is 0 Å². The molecular formula is C9H8Cl2FNO2S. The predicted molar refractivity (Wildman–Crippen MR) is 64.5 cm³/mol. The molecule has 0 aliphatic heterocycles. The molecule has 0 saturated carbocycles. The lowest BCUT2D eigenvalue weighted by molar-refractivity contribution is 0.183. The van der Waals surface area contributed by atoms with Crippen LogP contribution in [0.1, 0.15) is 0 Å². The Labute approximate surface area is 107 Å². The van der Waals surface area contributed by atoms with Crippen LogP contribution in [0.2, 0.25) is 0 Å². The molecule has 16 heavy (non-hydrogen) atoms. The molecule has 0 unspecified atom stereocenters. The van der Waals surface area contributed by atoms with Crippen LogP contribution in [0.5, 0.6) is 0 Å². The number of halogens is 3. The van der Waals surface area contributed by atoms with E-state index in [0.29, 0.717) is 17.6 Å². The van der Waals surface area contributed by atoms with E-state index in [1.54, 1.807) is 30.3 Å². The number of hydrogen-bond donors (Lipinski definition) is 0. The number of para-hydroxylation sites is 1. The smallest absolute Gasteiger partial charge is 0.424 e. The van der Waals surface area contributed by atoms with Gasteiger partial charge in [-0.05, 0) is 12.1 Å². The number of amides is 1. The summed E-state index contributed by atoms with van der Waals surface area (Å²) in [5.74, 6) is 0. The predicted octanol–water partition coefficient (Wildman–Crippen LogP) is 3.97. The highest BCUT2D eigenvalue weighted by molar-refractivity contribution is 8.04. The van der Waals surface area contributed by atoms with E-state index in [1.165, 1.54) is 7.11 Å². The Bertz CT molecular complexity index is 358. The molecule has 0 spiro atoms. The van der Waals surface area contributed by atoms with Gasteiger partial charge in [-0.15, -0.1) is 0 Å². The Morgan fingerprint density at radius 1 is 1.44 bits per heavy atom. The van der Waals surface area contributed by atoms with Gasteiger partial charge in [-0.3, -0.25) is 0 Å². The van der Waals surface area contributed by atoms with Crippen molar-refractivity contribution >= 4 is 46.9 Å². The van der Waals surface area contributed by atoms with Gasteiger partial charge in [-0.2, -0.15) is 4.39 Å². The SMILES string of the molecule is COC(=O)N(SC(F)(Cl)Cl)c1ccccc1. The summed E-state index contributed by atoms with van der Waals surface area (Å²) in [6, 6.07) is 8.34. The number of ether oxygens (including phenoxy) is 1. The molecular weight excluding hydrogens is 276 g/mol. The highest BCUT2D eigenvalue weighted by Crippen LogP contribution is 2.40. The standard InChI is InChI=1S/C9H8Cl2FNO2S/c1-15-8(14)13(16-9(10,11)12)7-5-3-2-4-6-7/h2-6H,1H3. The van der Waals surface area contributed by atoms with Gasteiger partial charge in [0, 0.05) is 11.9 Å². The zero-order chi connectivity index (χ0) is 12.2. The molecule has 3 nitrogen and oxygen atoms in total. The van der Waals surface area contributed by atoms with Gasteiger partial charge in [0.25, 0.3) is 0 Å². The van der Waals surface area contributed by atoms with Crippen molar-refractivity contribution in [3.05, 3.63) is 30.3 Å². The second-order valence-electron chi connectivity index (χ2n) is 2.64. The molecule has 0 fully saturated rings. The van der Waals surface area contributed by atoms with E-state index in [-0.39, 0.29) is 0 Å². The van der Waals surface area contributed by atoms with Gasteiger partial charge < -0.3 is 4.74 Å². The highest BCUT2D eigenvalue weighted by Gasteiger charge is 2.32. The van der Waals surface area contributed by atoms with E-state index < -0.39 is 10.0 Å². The number of carbonyl (C=O) groups is 1. The van der Waals surface area contributed by atoms with Crippen molar-refractivity contribution in [2.24, 2.45) is 0 Å². The average molecular weight is 284 g/mol. The van der Waals surface area contributed by atoms with Gasteiger partial charge >= 0.3 is 10.0 Å². The molecule has 0 heterocycles. The number of methoxy groups -OCH3 is 1. The summed E-state index contributed by atoms with van der Waals surface area (Å²) >= 11 is 10.7. The molecule has 0 N–H and O–H groups in total. The van der Waals surface area contributed by atoms with Crippen LogP contribution in [-0.4, -0.2) is 17.1 Å². The third-order valence-corrected chi connectivity index (χ3v) is 2.69. The van der Waals surface area contributed by atoms with Crippen LogP contribution < -0.4 is 4.31 Å². The second-order valence-corrected chi connectivity index (χ2v) is 5.43. The molecule has 0 atom stereocenters. The maximum absolute atomic E-state index is 13.1. The summed E-state index contributed by atoms with van der Waals surface area (Å²) in [6.45, 7) is 0. The number of anilines is 1. The molecule has 1 rings (SSSR count). The van der Waals surface area contributed by atoms with Crippen LogP contribution in [0.15, 0.2) is 30.3 Å². The number of hydrogen-bond acceptors (Lipinski definition) is 3. The van der Waals surface area contributed by atoms with Crippen molar-refractivity contribution in [2.45, 2.75) is 3.92 Å². The van der Waals surface area contributed by atoms with E-state index in [9.17, 15) is 9.18 Å². The Morgan fingerprint density at radius 3 is 2.44 bits per heavy atom. The summed E-state index contributed by atoms with van der Waals surface area (Å²) in [5, 5.41) is 0. The van der Waals surface area contributed by atoms with Gasteiger partial charge in [0.05, 0.1) is 12.8 Å². The molecule has 1 aromatic carbocycles. The van der Waals surface area contributed by atoms with Crippen LogP contribution in [0.3, 0.4) is 0 Å². The monoisotopic (exact) mass is 283 g/mol. The maximum atomic E-state index is 13.1. The fourth-order valence-electron chi connectivity index (χ4n) is 0.945. The van der Waals surface area contributed by atoms with Crippen molar-refractivity contribution in [3.63, 3.8) is 0 Å². The van der Waals surface area contributed by atoms with Gasteiger partial charge in [-0.1, -0.05) is 41.4 Å². The topological polar surface area (TPSA) is 29.5 Å². The van der Waals surface area contributed by atoms with Crippen LogP contribution in [0.25, 0.3) is 0 Å². The minimum atomic E-state index is -2.61. The van der Waals surface area contributed by atoms with Crippen LogP contribution in [0, 0.1) is 0 Å². The first-order valence-electron chi connectivity index (χ1n) is 4.13. The number of nitrogens with zero attached hydrogens (tertiary/aromatic N) is 1. The zero-order valence-corrected chi connectivity index (χ0v) is 10.5. The molecule has 0 saturated heterocycles. The van der Waals surface area contributed by atoms with E-state index in [1.807, 2.05) is 0 Å². The third-order valence-electron chi connectivity index (χ3n) is 1.53. The molecule has 1 amide bonds. The fourth-order valence-corrected chi connectivity index (χ4v) is 1.94. The minimum absolute atomic E-state index is 0.311. The largest absolute Gasteiger partial charge is 0.452 e. The van der Waals surface area contributed by atoms with E-state index in [4.69, 9.17) is 23.2 Å². The first kappa shape index (κ1) is 13.4. The third kappa shape index (κ3) is 4.08. The van der Waals surface area contributed by atoms with Crippen molar-refractivity contribution in [3.8, 4) is 0 Å². The van der Waals surface area contributed by atoms with Crippen LogP contribution in [-0.2, 0) is 4.74 Å². The highest BCUT2D eigenvalue weighted by atomic mass is 35.5. The molecule has 0 radical (unpaired) electrons. The van der Waals surface area contributed by atoms with E-state index in [0.717, 1.165) is 4.31 Å². The number of carbonyl (C=O) groups excluding carboxylic acids is 1. The Balaban J connectivity index is 2.93. The van der Waals surface area contributed by atoms with Crippen LogP contribution >= 0.6 is 35.1 Å². The van der Waals surface area contributed by atoms with Crippen LogP contribution in [0.4, 0.5) is 14.9 Å². The quantitative estimate of drug-likeness (QED) is 0.621. The summed E-state index contributed by atoms with van der Waals surface area (Å²) < 4.78 is 15.9. The second kappa shape index (κ2) is 5.61. The molecule has 0 aromatic heterocycles. The molecule has 0 bridgehead atoms. The molecule has 7 heteroatoms. The average Bonchev–Trinajstić information content (AvgIpc) is 2.25. The van der Waals surface area contributed by atoms with Crippen molar-refractivity contribution in [1.29, 1.82) is 0 Å². The lowest BCUT2D eigenvalue weighted by Gasteiger charge is -2.22. The first-order valence-corrected chi connectivity index (χ1v) is 5.66. The number of rotatable bonds is 3. The van der Waals surface area contributed by atoms with Gasteiger partial charge in [0.1, 0.15) is 0 Å². The van der Waals surface area contributed by atoms with Gasteiger partial charge in [-0.25, -0.2) is 9.10 Å². The molecule has 88 valence electrons. The molecule has 0 aliphatic carbocycles. The maximum Gasteiger partial charge on any atom is 0.424 e. The summed E-state index contributed by atoms with van der Waals surface area (Å²) in [4.78, 5) is 11.4. The Kier molecular flexibility index (Phi) is 4.70. The Hall–Kier alpha value is -0.650. The summed E-state index contributed by atoms with van der Waals surface area (Å²) in [6.07, 6.45) is -0.764. The minimum Gasteiger partial charge on any atom is -0.452 e. The first-order chi connectivity index (χ1) is 7.44. The zero-order valence-electron chi connectivity index (χ0n) is 8.19. The summed E-state index contributed by atoms with van der Waals surface area (Å²) in [7, 11) is 1.18. The molecule has 1 aromatic rings. The van der Waals surface area contributed by atoms with E-state index in [2.05, 4.69) is 4.74 Å². The fraction of sp³-hybridized carbons (Fsp3) is 0.222. The van der Waals surface area contributed by atoms with Crippen molar-refractivity contribution in [2.75, 3.05) is 11.4 Å². The number of alkyl halides is 3. The van der Waals surface area contributed by atoms with Crippen molar-refractivity contribution < 1.29 is 13.9 Å². The normalized spacial score (nSPS) is 11.0. The summed E-state index contributed by atoms with van der Waals surface area (Å²) in [5.41, 5.74) is 0.419. The van der Waals surface area contributed by atoms with E-state index >= 15 is 0 Å². The lowest BCUT2D eigenvalue weighted by atomic mass is 10.3. The number of benzene rings is 1. The van der Waals surface area contributed by atoms with Gasteiger partial charge in [0.2, 0.25) is 0 Å². The molecule has 0 aliphatic rings. The van der Waals surface area contributed by atoms with Gasteiger partial charge in [0.15, 0.2) is 0 Å².